The monoisotopic (exact) mass is 406 g/mol. The van der Waals surface area contributed by atoms with Crippen LogP contribution in [0.15, 0.2) is 29.2 Å². The van der Waals surface area contributed by atoms with E-state index in [1.54, 1.807) is 6.07 Å². The molecule has 0 saturated carbocycles. The minimum absolute atomic E-state index is 0.0476. The summed E-state index contributed by atoms with van der Waals surface area (Å²) in [4.78, 5) is 22.5. The zero-order valence-electron chi connectivity index (χ0n) is 16.3. The molecule has 1 aromatic carbocycles. The third-order valence-electron chi connectivity index (χ3n) is 6.19. The van der Waals surface area contributed by atoms with Crippen molar-refractivity contribution in [2.24, 2.45) is 5.41 Å². The van der Waals surface area contributed by atoms with E-state index in [9.17, 15) is 9.18 Å². The van der Waals surface area contributed by atoms with E-state index < -0.39 is 11.4 Å². The van der Waals surface area contributed by atoms with Gasteiger partial charge in [0, 0.05) is 24.0 Å². The van der Waals surface area contributed by atoms with E-state index in [2.05, 4.69) is 20.1 Å². The van der Waals surface area contributed by atoms with Crippen molar-refractivity contribution in [2.45, 2.75) is 6.92 Å². The topological polar surface area (TPSA) is 113 Å². The molecule has 5 heterocycles. The third-order valence-corrected chi connectivity index (χ3v) is 6.19. The molecule has 6 rings (SSSR count). The molecular formula is C21H19FN6O2. The SMILES string of the molecule is Cc1cc2[nH]c(=O)c(N)c(-c3ccc(F)c4[nH]ncc34)c2nc1N1CC2(COC2)C1. The van der Waals surface area contributed by atoms with Gasteiger partial charge in [-0.15, -0.1) is 0 Å². The van der Waals surface area contributed by atoms with Gasteiger partial charge < -0.3 is 20.4 Å². The number of nitrogens with one attached hydrogen (secondary N) is 2. The van der Waals surface area contributed by atoms with Crippen molar-refractivity contribution in [1.29, 1.82) is 0 Å². The molecule has 0 bridgehead atoms. The van der Waals surface area contributed by atoms with Crippen molar-refractivity contribution in [2.75, 3.05) is 36.9 Å². The summed E-state index contributed by atoms with van der Waals surface area (Å²) in [5, 5.41) is 7.18. The molecule has 9 heteroatoms. The van der Waals surface area contributed by atoms with Crippen molar-refractivity contribution >= 4 is 33.4 Å². The summed E-state index contributed by atoms with van der Waals surface area (Å²) in [6.45, 7) is 5.34. The zero-order chi connectivity index (χ0) is 20.6. The van der Waals surface area contributed by atoms with E-state index in [0.29, 0.717) is 27.5 Å². The van der Waals surface area contributed by atoms with Crippen LogP contribution in [0, 0.1) is 18.2 Å². The summed E-state index contributed by atoms with van der Waals surface area (Å²) in [5.41, 5.74) is 9.62. The summed E-state index contributed by atoms with van der Waals surface area (Å²) in [6.07, 6.45) is 1.53. The van der Waals surface area contributed by atoms with Crippen molar-refractivity contribution < 1.29 is 9.13 Å². The van der Waals surface area contributed by atoms with Gasteiger partial charge in [-0.05, 0) is 30.2 Å². The number of hydrogen-bond donors (Lipinski definition) is 3. The average Bonchev–Trinajstić information content (AvgIpc) is 3.13. The Morgan fingerprint density at radius 2 is 2.10 bits per heavy atom. The highest BCUT2D eigenvalue weighted by atomic mass is 19.1. The predicted molar refractivity (Wildman–Crippen MR) is 112 cm³/mol. The van der Waals surface area contributed by atoms with Gasteiger partial charge in [0.2, 0.25) is 0 Å². The number of nitrogen functional groups attached to an aromatic ring is 1. The van der Waals surface area contributed by atoms with Gasteiger partial charge in [-0.25, -0.2) is 9.37 Å². The van der Waals surface area contributed by atoms with E-state index in [0.717, 1.165) is 37.7 Å². The number of H-pyrrole nitrogens is 2. The minimum Gasteiger partial charge on any atom is -0.394 e. The van der Waals surface area contributed by atoms with E-state index in [1.807, 2.05) is 13.0 Å². The van der Waals surface area contributed by atoms with Crippen LogP contribution in [0.5, 0.6) is 0 Å². The molecule has 0 radical (unpaired) electrons. The van der Waals surface area contributed by atoms with Crippen LogP contribution in [0.4, 0.5) is 15.9 Å². The Morgan fingerprint density at radius 3 is 2.83 bits per heavy atom. The first-order chi connectivity index (χ1) is 14.5. The van der Waals surface area contributed by atoms with Gasteiger partial charge >= 0.3 is 0 Å². The number of benzene rings is 1. The number of aryl methyl sites for hydroxylation is 1. The molecule has 1 spiro atoms. The fourth-order valence-corrected chi connectivity index (χ4v) is 4.62. The minimum atomic E-state index is -0.419. The van der Waals surface area contributed by atoms with Crippen molar-refractivity contribution in [3.05, 3.63) is 46.1 Å². The molecule has 0 amide bonds. The third kappa shape index (κ3) is 2.26. The molecule has 0 atom stereocenters. The predicted octanol–water partition coefficient (Wildman–Crippen LogP) is 2.33. The number of nitrogens with zero attached hydrogens (tertiary/aromatic N) is 3. The molecular weight excluding hydrogens is 387 g/mol. The maximum Gasteiger partial charge on any atom is 0.272 e. The van der Waals surface area contributed by atoms with Crippen LogP contribution in [-0.4, -0.2) is 46.5 Å². The fourth-order valence-electron chi connectivity index (χ4n) is 4.62. The maximum atomic E-state index is 14.2. The Morgan fingerprint density at radius 1 is 1.30 bits per heavy atom. The van der Waals surface area contributed by atoms with Crippen LogP contribution in [0.2, 0.25) is 0 Å². The molecule has 2 aliphatic heterocycles. The highest BCUT2D eigenvalue weighted by molar-refractivity contribution is 6.06. The van der Waals surface area contributed by atoms with E-state index in [4.69, 9.17) is 15.5 Å². The Labute approximate surface area is 169 Å². The Bertz CT molecular complexity index is 1400. The van der Waals surface area contributed by atoms with Crippen molar-refractivity contribution in [3.8, 4) is 11.1 Å². The Balaban J connectivity index is 1.60. The molecule has 8 nitrogen and oxygen atoms in total. The van der Waals surface area contributed by atoms with Crippen molar-refractivity contribution in [3.63, 3.8) is 0 Å². The first-order valence-electron chi connectivity index (χ1n) is 9.74. The fraction of sp³-hybridized carbons (Fsp3) is 0.286. The molecule has 3 aromatic heterocycles. The van der Waals surface area contributed by atoms with Crippen molar-refractivity contribution in [1.82, 2.24) is 20.2 Å². The lowest BCUT2D eigenvalue weighted by Crippen LogP contribution is -2.66. The van der Waals surface area contributed by atoms with Gasteiger partial charge in [-0.1, -0.05) is 6.07 Å². The van der Waals surface area contributed by atoms with Crippen LogP contribution in [-0.2, 0) is 4.74 Å². The first-order valence-corrected chi connectivity index (χ1v) is 9.74. The highest BCUT2D eigenvalue weighted by Gasteiger charge is 2.49. The number of halogens is 1. The summed E-state index contributed by atoms with van der Waals surface area (Å²) in [6, 6.07) is 4.87. The van der Waals surface area contributed by atoms with E-state index >= 15 is 0 Å². The van der Waals surface area contributed by atoms with Gasteiger partial charge in [0.05, 0.1) is 35.9 Å². The van der Waals surface area contributed by atoms with E-state index in [-0.39, 0.29) is 16.6 Å². The van der Waals surface area contributed by atoms with Crippen LogP contribution in [0.25, 0.3) is 33.1 Å². The molecule has 0 unspecified atom stereocenters. The number of aromatic nitrogens is 4. The molecule has 4 aromatic rings. The normalized spacial score (nSPS) is 17.5. The summed E-state index contributed by atoms with van der Waals surface area (Å²) >= 11 is 0. The number of aromatic amines is 2. The number of anilines is 2. The molecule has 2 aliphatic rings. The number of ether oxygens (including phenoxy) is 1. The van der Waals surface area contributed by atoms with Gasteiger partial charge in [0.15, 0.2) is 0 Å². The lowest BCUT2D eigenvalue weighted by Gasteiger charge is -2.55. The summed E-state index contributed by atoms with van der Waals surface area (Å²) in [7, 11) is 0. The Hall–Kier alpha value is -3.46. The standard InChI is InChI=1S/C21H19FN6O2/c1-10-4-14-18(26-19(10)28-6-21(7-28)8-30-9-21)15(16(23)20(29)25-14)11-2-3-13(22)17-12(11)5-24-27-17/h2-5H,6-9,23H2,1H3,(H,24,27)(H,25,29). The van der Waals surface area contributed by atoms with Crippen LogP contribution >= 0.6 is 0 Å². The number of fused-ring (bicyclic) bond motifs is 2. The van der Waals surface area contributed by atoms with E-state index in [1.165, 1.54) is 12.3 Å². The molecule has 30 heavy (non-hydrogen) atoms. The highest BCUT2D eigenvalue weighted by Crippen LogP contribution is 2.42. The second-order valence-corrected chi connectivity index (χ2v) is 8.37. The van der Waals surface area contributed by atoms with Crippen LogP contribution in [0.3, 0.4) is 0 Å². The maximum absolute atomic E-state index is 14.2. The largest absolute Gasteiger partial charge is 0.394 e. The number of nitrogens with two attached hydrogens (primary N) is 1. The number of rotatable bonds is 2. The molecule has 2 fully saturated rings. The number of pyridine rings is 2. The van der Waals surface area contributed by atoms with Gasteiger partial charge in [0.1, 0.15) is 22.8 Å². The van der Waals surface area contributed by atoms with Crippen LogP contribution in [0.1, 0.15) is 5.56 Å². The quantitative estimate of drug-likeness (QED) is 0.471. The van der Waals surface area contributed by atoms with Gasteiger partial charge in [-0.3, -0.25) is 9.89 Å². The molecule has 0 aliphatic carbocycles. The lowest BCUT2D eigenvalue weighted by molar-refractivity contribution is -0.127. The lowest BCUT2D eigenvalue weighted by atomic mass is 9.78. The smallest absolute Gasteiger partial charge is 0.272 e. The zero-order valence-corrected chi connectivity index (χ0v) is 16.3. The number of hydrogen-bond acceptors (Lipinski definition) is 6. The van der Waals surface area contributed by atoms with Crippen LogP contribution < -0.4 is 16.2 Å². The second-order valence-electron chi connectivity index (χ2n) is 8.37. The summed E-state index contributed by atoms with van der Waals surface area (Å²) < 4.78 is 19.6. The molecule has 2 saturated heterocycles. The second kappa shape index (κ2) is 5.79. The molecule has 4 N–H and O–H groups in total. The first kappa shape index (κ1) is 17.4. The average molecular weight is 406 g/mol. The van der Waals surface area contributed by atoms with Gasteiger partial charge in [-0.2, -0.15) is 5.10 Å². The Kier molecular flexibility index (Phi) is 3.36. The molecule has 152 valence electrons. The van der Waals surface area contributed by atoms with Gasteiger partial charge in [0.25, 0.3) is 5.56 Å². The summed E-state index contributed by atoms with van der Waals surface area (Å²) in [5.74, 6) is 0.440.